The van der Waals surface area contributed by atoms with Crippen molar-refractivity contribution in [2.45, 2.75) is 6.92 Å². The van der Waals surface area contributed by atoms with Gasteiger partial charge in [-0.05, 0) is 60.7 Å². The monoisotopic (exact) mass is 386 g/mol. The van der Waals surface area contributed by atoms with Crippen LogP contribution >= 0.6 is 11.8 Å². The molecule has 1 aromatic heterocycles. The number of aromatic nitrogens is 1. The molecule has 0 radical (unpaired) electrons. The second kappa shape index (κ2) is 7.71. The molecule has 2 heterocycles. The third-order valence-electron chi connectivity index (χ3n) is 4.07. The minimum atomic E-state index is -0.639. The average molecular weight is 386 g/mol. The number of rotatable bonds is 5. The molecule has 0 spiro atoms. The second-order valence-corrected chi connectivity index (χ2v) is 6.82. The van der Waals surface area contributed by atoms with Gasteiger partial charge in [0.15, 0.2) is 0 Å². The molecule has 1 fully saturated rings. The molecule has 2 amide bonds. The Morgan fingerprint density at radius 3 is 2.52 bits per heavy atom. The second-order valence-electron chi connectivity index (χ2n) is 5.83. The van der Waals surface area contributed by atoms with E-state index in [1.165, 1.54) is 7.11 Å². The quantitative estimate of drug-likeness (QED) is 0.581. The van der Waals surface area contributed by atoms with Gasteiger partial charge in [0.25, 0.3) is 11.1 Å². The molecule has 140 valence electrons. The molecule has 1 aliphatic rings. The van der Waals surface area contributed by atoms with Crippen LogP contribution in [0, 0.1) is 6.92 Å². The molecule has 0 aliphatic carbocycles. The highest BCUT2D eigenvalue weighted by molar-refractivity contribution is 8.18. The number of hydrogen-bond donors (Lipinski definition) is 0. The Morgan fingerprint density at radius 1 is 1.19 bits per heavy atom. The molecule has 0 bridgehead atoms. The van der Waals surface area contributed by atoms with Crippen molar-refractivity contribution in [1.82, 2.24) is 9.47 Å². The predicted octanol–water partition coefficient (Wildman–Crippen LogP) is 3.00. The van der Waals surface area contributed by atoms with Gasteiger partial charge in [-0.3, -0.25) is 19.3 Å². The van der Waals surface area contributed by atoms with Crippen LogP contribution < -0.4 is 4.74 Å². The van der Waals surface area contributed by atoms with E-state index < -0.39 is 17.1 Å². The summed E-state index contributed by atoms with van der Waals surface area (Å²) in [6.45, 7) is 1.56. The van der Waals surface area contributed by atoms with Crippen molar-refractivity contribution in [3.8, 4) is 11.4 Å². The molecule has 3 rings (SSSR count). The third kappa shape index (κ3) is 3.90. The Hall–Kier alpha value is -3.00. The van der Waals surface area contributed by atoms with Gasteiger partial charge in [-0.15, -0.1) is 0 Å². The van der Waals surface area contributed by atoms with Crippen LogP contribution in [0.3, 0.4) is 0 Å². The topological polar surface area (TPSA) is 77.8 Å². The van der Waals surface area contributed by atoms with Gasteiger partial charge in [-0.2, -0.15) is 0 Å². The number of amides is 2. The van der Waals surface area contributed by atoms with E-state index >= 15 is 0 Å². The third-order valence-corrected chi connectivity index (χ3v) is 4.98. The summed E-state index contributed by atoms with van der Waals surface area (Å²) in [5.74, 6) is -0.367. The molecular formula is C19H18N2O5S. The molecule has 1 aromatic carbocycles. The number of carbonyl (C=O) groups excluding carboxylic acids is 3. The summed E-state index contributed by atoms with van der Waals surface area (Å²) in [7, 11) is 2.82. The van der Waals surface area contributed by atoms with Crippen LogP contribution in [-0.2, 0) is 14.3 Å². The first-order valence-electron chi connectivity index (χ1n) is 8.08. The Bertz CT molecular complexity index is 930. The minimum Gasteiger partial charge on any atom is -0.497 e. The number of hydrogen-bond acceptors (Lipinski definition) is 6. The highest BCUT2D eigenvalue weighted by atomic mass is 32.2. The van der Waals surface area contributed by atoms with Crippen LogP contribution in [0.15, 0.2) is 41.4 Å². The van der Waals surface area contributed by atoms with E-state index in [1.54, 1.807) is 13.2 Å². The number of imide groups is 1. The zero-order chi connectivity index (χ0) is 19.6. The van der Waals surface area contributed by atoms with E-state index in [9.17, 15) is 14.4 Å². The maximum absolute atomic E-state index is 12.4. The van der Waals surface area contributed by atoms with Crippen molar-refractivity contribution < 1.29 is 23.9 Å². The molecule has 0 unspecified atom stereocenters. The van der Waals surface area contributed by atoms with Gasteiger partial charge in [0, 0.05) is 17.6 Å². The van der Waals surface area contributed by atoms with Gasteiger partial charge >= 0.3 is 5.97 Å². The summed E-state index contributed by atoms with van der Waals surface area (Å²) in [4.78, 5) is 36.9. The molecule has 1 aliphatic heterocycles. The molecular weight excluding hydrogens is 368 g/mol. The highest BCUT2D eigenvalue weighted by Crippen LogP contribution is 2.32. The molecule has 2 aromatic rings. The fourth-order valence-electron chi connectivity index (χ4n) is 2.68. The van der Waals surface area contributed by atoms with Crippen LogP contribution in [-0.4, -0.2) is 47.3 Å². The lowest BCUT2D eigenvalue weighted by Crippen LogP contribution is -2.34. The van der Waals surface area contributed by atoms with E-state index in [2.05, 4.69) is 4.74 Å². The SMILES string of the molecule is COC(=O)CN1C(=O)S/C(=C\c2cc(C)n(-c3ccc(OC)cc3)c2)C1=O. The van der Waals surface area contributed by atoms with Gasteiger partial charge in [0.1, 0.15) is 12.3 Å². The first-order chi connectivity index (χ1) is 12.9. The smallest absolute Gasteiger partial charge is 0.325 e. The normalized spacial score (nSPS) is 15.5. The van der Waals surface area contributed by atoms with Crippen LogP contribution in [0.1, 0.15) is 11.3 Å². The van der Waals surface area contributed by atoms with Crippen molar-refractivity contribution in [3.63, 3.8) is 0 Å². The van der Waals surface area contributed by atoms with Gasteiger partial charge in [-0.1, -0.05) is 0 Å². The highest BCUT2D eigenvalue weighted by Gasteiger charge is 2.36. The number of nitrogens with zero attached hydrogens (tertiary/aromatic N) is 2. The van der Waals surface area contributed by atoms with Crippen LogP contribution in [0.25, 0.3) is 11.8 Å². The van der Waals surface area contributed by atoms with Crippen LogP contribution in [0.2, 0.25) is 0 Å². The number of aryl methyl sites for hydroxylation is 1. The maximum atomic E-state index is 12.4. The molecule has 0 saturated carbocycles. The maximum Gasteiger partial charge on any atom is 0.325 e. The lowest BCUT2D eigenvalue weighted by atomic mass is 10.3. The Kier molecular flexibility index (Phi) is 5.36. The summed E-state index contributed by atoms with van der Waals surface area (Å²) in [6.07, 6.45) is 3.53. The van der Waals surface area contributed by atoms with Gasteiger partial charge in [0.2, 0.25) is 0 Å². The minimum absolute atomic E-state index is 0.274. The number of ether oxygens (including phenoxy) is 2. The van der Waals surface area contributed by atoms with Gasteiger partial charge in [-0.25, -0.2) is 0 Å². The Morgan fingerprint density at radius 2 is 1.89 bits per heavy atom. The van der Waals surface area contributed by atoms with Gasteiger partial charge in [0.05, 0.1) is 19.1 Å². The first kappa shape index (κ1) is 18.8. The lowest BCUT2D eigenvalue weighted by Gasteiger charge is -2.09. The van der Waals surface area contributed by atoms with E-state index in [0.717, 1.165) is 39.4 Å². The molecule has 0 N–H and O–H groups in total. The Labute approximate surface area is 160 Å². The van der Waals surface area contributed by atoms with Gasteiger partial charge < -0.3 is 14.0 Å². The standard InChI is InChI=1S/C19H18N2O5S/c1-12-8-13(10-20(12)14-4-6-15(25-2)7-5-14)9-16-18(23)21(19(24)27-16)11-17(22)26-3/h4-10H,11H2,1-3H3/b16-9-. The molecule has 27 heavy (non-hydrogen) atoms. The fraction of sp³-hybridized carbons (Fsp3) is 0.211. The average Bonchev–Trinajstić information content (AvgIpc) is 3.16. The van der Waals surface area contributed by atoms with Crippen LogP contribution in [0.4, 0.5) is 4.79 Å². The fourth-order valence-corrected chi connectivity index (χ4v) is 3.52. The van der Waals surface area contributed by atoms with Crippen molar-refractivity contribution in [2.24, 2.45) is 0 Å². The number of benzene rings is 1. The van der Waals surface area contributed by atoms with Crippen molar-refractivity contribution >= 4 is 35.0 Å². The number of esters is 1. The van der Waals surface area contributed by atoms with Crippen molar-refractivity contribution in [3.05, 3.63) is 52.7 Å². The number of carbonyl (C=O) groups is 3. The largest absolute Gasteiger partial charge is 0.497 e. The van der Waals surface area contributed by atoms with Crippen molar-refractivity contribution in [2.75, 3.05) is 20.8 Å². The van der Waals surface area contributed by atoms with Crippen molar-refractivity contribution in [1.29, 1.82) is 0 Å². The number of thioether (sulfide) groups is 1. The molecule has 0 atom stereocenters. The molecule has 1 saturated heterocycles. The zero-order valence-corrected chi connectivity index (χ0v) is 15.9. The first-order valence-corrected chi connectivity index (χ1v) is 8.90. The molecule has 7 nitrogen and oxygen atoms in total. The van der Waals surface area contributed by atoms with E-state index in [1.807, 2.05) is 48.0 Å². The van der Waals surface area contributed by atoms with E-state index in [4.69, 9.17) is 4.74 Å². The summed E-state index contributed by atoms with van der Waals surface area (Å²) >= 11 is 0.810. The zero-order valence-electron chi connectivity index (χ0n) is 15.1. The number of methoxy groups -OCH3 is 2. The Balaban J connectivity index is 1.84. The van der Waals surface area contributed by atoms with E-state index in [-0.39, 0.29) is 11.4 Å². The van der Waals surface area contributed by atoms with Crippen LogP contribution in [0.5, 0.6) is 5.75 Å². The summed E-state index contributed by atoms with van der Waals surface area (Å²) in [5.41, 5.74) is 2.71. The summed E-state index contributed by atoms with van der Waals surface area (Å²) in [6, 6.07) is 9.51. The predicted molar refractivity (Wildman–Crippen MR) is 102 cm³/mol. The lowest BCUT2D eigenvalue weighted by molar-refractivity contribution is -0.143. The summed E-state index contributed by atoms with van der Waals surface area (Å²) in [5, 5.41) is -0.483. The summed E-state index contributed by atoms with van der Waals surface area (Å²) < 4.78 is 11.7. The van der Waals surface area contributed by atoms with E-state index in [0.29, 0.717) is 0 Å². The molecule has 8 heteroatoms.